The smallest absolute Gasteiger partial charge is 0.386 e. The van der Waals surface area contributed by atoms with Gasteiger partial charge in [-0.2, -0.15) is 18.3 Å². The molecule has 1 unspecified atom stereocenters. The standard InChI is InChI=1S/C25H25F3N4O4/c1-15-11-20(31(2)30-15)24(35)29-19-9-5-17(6-10-19)23(34)21-13-36-14-22(33)32(21)12-16-3-7-18(8-4-16)25(26,27)28/h3-11,21,23,34H,12-14H2,1-2H3,(H,29,35)/t21-,23?/m1/s1. The van der Waals surface area contributed by atoms with Crippen molar-refractivity contribution in [3.63, 3.8) is 0 Å². The van der Waals surface area contributed by atoms with Crippen molar-refractivity contribution in [1.29, 1.82) is 0 Å². The van der Waals surface area contributed by atoms with Crippen molar-refractivity contribution in [2.75, 3.05) is 18.5 Å². The van der Waals surface area contributed by atoms with Gasteiger partial charge in [-0.05, 0) is 48.4 Å². The summed E-state index contributed by atoms with van der Waals surface area (Å²) in [5.41, 5.74) is 1.83. The maximum absolute atomic E-state index is 12.9. The molecule has 1 saturated heterocycles. The third-order valence-corrected chi connectivity index (χ3v) is 5.98. The van der Waals surface area contributed by atoms with Crippen LogP contribution in [0.1, 0.15) is 39.0 Å². The molecule has 2 N–H and O–H groups in total. The number of hydrogen-bond donors (Lipinski definition) is 2. The number of aryl methyl sites for hydroxylation is 2. The molecule has 36 heavy (non-hydrogen) atoms. The van der Waals surface area contributed by atoms with Crippen molar-refractivity contribution in [2.45, 2.75) is 31.8 Å². The van der Waals surface area contributed by atoms with Crippen LogP contribution in [0.5, 0.6) is 0 Å². The fourth-order valence-corrected chi connectivity index (χ4v) is 4.09. The SMILES string of the molecule is Cc1cc(C(=O)Nc2ccc(C(O)[C@H]3COCC(=O)N3Cc3ccc(C(F)(F)F)cc3)cc2)n(C)n1. The molecule has 8 nitrogen and oxygen atoms in total. The number of halogens is 3. The summed E-state index contributed by atoms with van der Waals surface area (Å²) in [6.07, 6.45) is -5.57. The van der Waals surface area contributed by atoms with Gasteiger partial charge in [0.25, 0.3) is 5.91 Å². The Bertz CT molecular complexity index is 1240. The van der Waals surface area contributed by atoms with Gasteiger partial charge < -0.3 is 20.1 Å². The van der Waals surface area contributed by atoms with Gasteiger partial charge in [-0.3, -0.25) is 14.3 Å². The molecule has 2 aromatic carbocycles. The molecule has 2 atom stereocenters. The number of benzene rings is 2. The van der Waals surface area contributed by atoms with E-state index in [-0.39, 0.29) is 31.6 Å². The van der Waals surface area contributed by atoms with Crippen molar-refractivity contribution in [3.8, 4) is 0 Å². The maximum atomic E-state index is 12.9. The van der Waals surface area contributed by atoms with Crippen LogP contribution in [0.4, 0.5) is 18.9 Å². The van der Waals surface area contributed by atoms with Crippen molar-refractivity contribution in [1.82, 2.24) is 14.7 Å². The molecule has 1 fully saturated rings. The summed E-state index contributed by atoms with van der Waals surface area (Å²) in [5, 5.41) is 18.0. The zero-order chi connectivity index (χ0) is 26.0. The molecular formula is C25H25F3N4O4. The van der Waals surface area contributed by atoms with Gasteiger partial charge in [0.1, 0.15) is 18.4 Å². The molecule has 0 aliphatic carbocycles. The van der Waals surface area contributed by atoms with Gasteiger partial charge >= 0.3 is 6.18 Å². The van der Waals surface area contributed by atoms with Crippen LogP contribution in [-0.4, -0.2) is 50.9 Å². The number of alkyl halides is 3. The van der Waals surface area contributed by atoms with E-state index < -0.39 is 23.9 Å². The molecule has 3 aromatic rings. The first kappa shape index (κ1) is 25.4. The van der Waals surface area contributed by atoms with E-state index >= 15 is 0 Å². The van der Waals surface area contributed by atoms with E-state index in [9.17, 15) is 27.9 Å². The van der Waals surface area contributed by atoms with Crippen LogP contribution in [0.15, 0.2) is 54.6 Å². The number of amides is 2. The summed E-state index contributed by atoms with van der Waals surface area (Å²) in [6.45, 7) is 1.70. The maximum Gasteiger partial charge on any atom is 0.416 e. The fraction of sp³-hybridized carbons (Fsp3) is 0.320. The number of aromatic nitrogens is 2. The summed E-state index contributed by atoms with van der Waals surface area (Å²) in [5.74, 6) is -0.707. The highest BCUT2D eigenvalue weighted by atomic mass is 19.4. The minimum Gasteiger partial charge on any atom is -0.386 e. The Morgan fingerprint density at radius 2 is 1.86 bits per heavy atom. The second-order valence-electron chi connectivity index (χ2n) is 8.61. The van der Waals surface area contributed by atoms with Gasteiger partial charge in [0.15, 0.2) is 0 Å². The molecule has 0 bridgehead atoms. The predicted molar refractivity (Wildman–Crippen MR) is 124 cm³/mol. The Labute approximate surface area is 205 Å². The fourth-order valence-electron chi connectivity index (χ4n) is 4.09. The lowest BCUT2D eigenvalue weighted by molar-refractivity contribution is -0.155. The summed E-state index contributed by atoms with van der Waals surface area (Å²) in [6, 6.07) is 12.0. The molecule has 0 spiro atoms. The molecule has 11 heteroatoms. The van der Waals surface area contributed by atoms with E-state index in [1.807, 2.05) is 0 Å². The van der Waals surface area contributed by atoms with Crippen LogP contribution in [0.25, 0.3) is 0 Å². The van der Waals surface area contributed by atoms with Gasteiger partial charge in [0.05, 0.1) is 23.9 Å². The predicted octanol–water partition coefficient (Wildman–Crippen LogP) is 3.46. The van der Waals surface area contributed by atoms with E-state index in [0.29, 0.717) is 28.2 Å². The molecule has 4 rings (SSSR count). The number of morpholine rings is 1. The second-order valence-corrected chi connectivity index (χ2v) is 8.61. The molecular weight excluding hydrogens is 477 g/mol. The lowest BCUT2D eigenvalue weighted by atomic mass is 9.99. The number of hydrogen-bond acceptors (Lipinski definition) is 5. The monoisotopic (exact) mass is 502 g/mol. The minimum absolute atomic E-state index is 0.0281. The molecule has 0 radical (unpaired) electrons. The van der Waals surface area contributed by atoms with E-state index in [0.717, 1.165) is 12.1 Å². The van der Waals surface area contributed by atoms with Gasteiger partial charge in [-0.15, -0.1) is 0 Å². The summed E-state index contributed by atoms with van der Waals surface area (Å²) in [4.78, 5) is 26.5. The lowest BCUT2D eigenvalue weighted by Gasteiger charge is -2.38. The highest BCUT2D eigenvalue weighted by Gasteiger charge is 2.35. The molecule has 0 saturated carbocycles. The highest BCUT2D eigenvalue weighted by molar-refractivity contribution is 6.03. The number of carbonyl (C=O) groups excluding carboxylic acids is 2. The third kappa shape index (κ3) is 5.58. The summed E-state index contributed by atoms with van der Waals surface area (Å²) < 4.78 is 45.4. The van der Waals surface area contributed by atoms with E-state index in [4.69, 9.17) is 4.74 Å². The number of nitrogens with zero attached hydrogens (tertiary/aromatic N) is 3. The van der Waals surface area contributed by atoms with Crippen molar-refractivity contribution >= 4 is 17.5 Å². The third-order valence-electron chi connectivity index (χ3n) is 5.98. The van der Waals surface area contributed by atoms with E-state index in [1.165, 1.54) is 21.7 Å². The number of rotatable bonds is 6. The normalized spacial score (nSPS) is 17.2. The lowest BCUT2D eigenvalue weighted by Crippen LogP contribution is -2.51. The van der Waals surface area contributed by atoms with Gasteiger partial charge in [0.2, 0.25) is 5.91 Å². The zero-order valence-electron chi connectivity index (χ0n) is 19.6. The zero-order valence-corrected chi connectivity index (χ0v) is 19.6. The molecule has 1 aliphatic rings. The first-order valence-corrected chi connectivity index (χ1v) is 11.2. The molecule has 2 amide bonds. The topological polar surface area (TPSA) is 96.7 Å². The quantitative estimate of drug-likeness (QED) is 0.538. The Kier molecular flexibility index (Phi) is 7.14. The van der Waals surface area contributed by atoms with Gasteiger partial charge in [-0.25, -0.2) is 0 Å². The molecule has 1 aromatic heterocycles. The largest absolute Gasteiger partial charge is 0.416 e. The Morgan fingerprint density at radius 1 is 1.19 bits per heavy atom. The van der Waals surface area contributed by atoms with Crippen LogP contribution >= 0.6 is 0 Å². The van der Waals surface area contributed by atoms with E-state index in [2.05, 4.69) is 10.4 Å². The second kappa shape index (κ2) is 10.1. The Hall–Kier alpha value is -3.70. The number of ether oxygens (including phenoxy) is 1. The molecule has 2 heterocycles. The van der Waals surface area contributed by atoms with Crippen molar-refractivity contribution < 1.29 is 32.6 Å². The average molecular weight is 502 g/mol. The van der Waals surface area contributed by atoms with Crippen molar-refractivity contribution in [2.24, 2.45) is 7.05 Å². The highest BCUT2D eigenvalue weighted by Crippen LogP contribution is 2.30. The summed E-state index contributed by atoms with van der Waals surface area (Å²) >= 11 is 0. The minimum atomic E-state index is -4.45. The first-order chi connectivity index (χ1) is 17.0. The summed E-state index contributed by atoms with van der Waals surface area (Å²) in [7, 11) is 1.67. The van der Waals surface area contributed by atoms with Crippen LogP contribution < -0.4 is 5.32 Å². The Morgan fingerprint density at radius 3 is 2.44 bits per heavy atom. The number of aliphatic hydroxyl groups is 1. The molecule has 1 aliphatic heterocycles. The number of carbonyl (C=O) groups is 2. The van der Waals surface area contributed by atoms with Gasteiger partial charge in [-0.1, -0.05) is 24.3 Å². The van der Waals surface area contributed by atoms with Crippen LogP contribution in [-0.2, 0) is 29.3 Å². The van der Waals surface area contributed by atoms with E-state index in [1.54, 1.807) is 44.3 Å². The van der Waals surface area contributed by atoms with Crippen LogP contribution in [0, 0.1) is 6.92 Å². The number of aliphatic hydroxyl groups excluding tert-OH is 1. The average Bonchev–Trinajstić information content (AvgIpc) is 3.18. The van der Waals surface area contributed by atoms with Crippen LogP contribution in [0.2, 0.25) is 0 Å². The Balaban J connectivity index is 1.46. The number of nitrogens with one attached hydrogen (secondary N) is 1. The molecule has 190 valence electrons. The van der Waals surface area contributed by atoms with Crippen LogP contribution in [0.3, 0.4) is 0 Å². The first-order valence-electron chi connectivity index (χ1n) is 11.2. The van der Waals surface area contributed by atoms with Crippen molar-refractivity contribution in [3.05, 3.63) is 82.7 Å². The van der Waals surface area contributed by atoms with Gasteiger partial charge in [0, 0.05) is 19.3 Å². The number of anilines is 1.